The SMILES string of the molecule is Cc1cccc(O[C@@H](C)C(=O)N[C@H]2CC(C)(C)Oc3ccccc32)c1C. The summed E-state index contributed by atoms with van der Waals surface area (Å²) in [7, 11) is 0. The van der Waals surface area contributed by atoms with Crippen LogP contribution in [0.1, 0.15) is 49.9 Å². The van der Waals surface area contributed by atoms with Crippen molar-refractivity contribution in [2.24, 2.45) is 0 Å². The van der Waals surface area contributed by atoms with Gasteiger partial charge in [-0.15, -0.1) is 0 Å². The number of nitrogens with one attached hydrogen (secondary N) is 1. The van der Waals surface area contributed by atoms with E-state index in [0.717, 1.165) is 28.2 Å². The predicted molar refractivity (Wildman–Crippen MR) is 103 cm³/mol. The van der Waals surface area contributed by atoms with Gasteiger partial charge in [0.15, 0.2) is 6.10 Å². The molecule has 4 nitrogen and oxygen atoms in total. The average Bonchev–Trinajstić information content (AvgIpc) is 2.58. The van der Waals surface area contributed by atoms with Gasteiger partial charge in [0.1, 0.15) is 17.1 Å². The van der Waals surface area contributed by atoms with Gasteiger partial charge in [-0.3, -0.25) is 4.79 Å². The quantitative estimate of drug-likeness (QED) is 0.881. The number of ether oxygens (including phenoxy) is 2. The summed E-state index contributed by atoms with van der Waals surface area (Å²) in [5, 5.41) is 3.14. The van der Waals surface area contributed by atoms with Crippen LogP contribution < -0.4 is 14.8 Å². The van der Waals surface area contributed by atoms with E-state index in [0.29, 0.717) is 6.42 Å². The zero-order chi connectivity index (χ0) is 18.9. The molecule has 0 aliphatic carbocycles. The fourth-order valence-corrected chi connectivity index (χ4v) is 3.32. The van der Waals surface area contributed by atoms with Crippen molar-refractivity contribution >= 4 is 5.91 Å². The van der Waals surface area contributed by atoms with E-state index in [1.807, 2.05) is 70.2 Å². The second-order valence-corrected chi connectivity index (χ2v) is 7.62. The van der Waals surface area contributed by atoms with Crippen molar-refractivity contribution in [2.75, 3.05) is 0 Å². The van der Waals surface area contributed by atoms with Crippen LogP contribution in [0.2, 0.25) is 0 Å². The molecule has 0 radical (unpaired) electrons. The fourth-order valence-electron chi connectivity index (χ4n) is 3.32. The largest absolute Gasteiger partial charge is 0.487 e. The summed E-state index contributed by atoms with van der Waals surface area (Å²) in [5.74, 6) is 1.46. The van der Waals surface area contributed by atoms with E-state index in [9.17, 15) is 4.79 Å². The summed E-state index contributed by atoms with van der Waals surface area (Å²) in [6.45, 7) is 9.91. The van der Waals surface area contributed by atoms with Crippen LogP contribution in [0.25, 0.3) is 0 Å². The van der Waals surface area contributed by atoms with Gasteiger partial charge in [-0.2, -0.15) is 0 Å². The molecule has 4 heteroatoms. The molecule has 1 amide bonds. The Morgan fingerprint density at radius 3 is 2.69 bits per heavy atom. The molecular formula is C22H27NO3. The summed E-state index contributed by atoms with van der Waals surface area (Å²) in [6, 6.07) is 13.7. The number of carbonyl (C=O) groups is 1. The van der Waals surface area contributed by atoms with Crippen LogP contribution in [0.5, 0.6) is 11.5 Å². The molecule has 3 rings (SSSR count). The number of benzene rings is 2. The Labute approximate surface area is 155 Å². The topological polar surface area (TPSA) is 47.6 Å². The van der Waals surface area contributed by atoms with Crippen LogP contribution in [0.15, 0.2) is 42.5 Å². The molecule has 0 unspecified atom stereocenters. The Kier molecular flexibility index (Phi) is 4.94. The lowest BCUT2D eigenvalue weighted by Gasteiger charge is -2.38. The van der Waals surface area contributed by atoms with E-state index in [2.05, 4.69) is 5.32 Å². The standard InChI is InChI=1S/C22H27NO3/c1-14-9-8-12-19(15(14)2)25-16(3)21(24)23-18-13-22(4,5)26-20-11-7-6-10-17(18)20/h6-12,16,18H,13H2,1-5H3,(H,23,24)/t16-,18-/m0/s1. The highest BCUT2D eigenvalue weighted by Crippen LogP contribution is 2.39. The van der Waals surface area contributed by atoms with Gasteiger partial charge in [0, 0.05) is 12.0 Å². The maximum Gasteiger partial charge on any atom is 0.261 e. The zero-order valence-electron chi connectivity index (χ0n) is 16.1. The van der Waals surface area contributed by atoms with Crippen molar-refractivity contribution in [1.29, 1.82) is 0 Å². The first-order valence-electron chi connectivity index (χ1n) is 9.08. The van der Waals surface area contributed by atoms with Crippen LogP contribution >= 0.6 is 0 Å². The molecule has 1 heterocycles. The normalized spacial score (nSPS) is 19.0. The van der Waals surface area contributed by atoms with E-state index < -0.39 is 6.10 Å². The number of hydrogen-bond acceptors (Lipinski definition) is 3. The number of rotatable bonds is 4. The van der Waals surface area contributed by atoms with Gasteiger partial charge >= 0.3 is 0 Å². The third kappa shape index (κ3) is 3.85. The van der Waals surface area contributed by atoms with Gasteiger partial charge < -0.3 is 14.8 Å². The molecule has 0 spiro atoms. The summed E-state index contributed by atoms with van der Waals surface area (Å²) in [4.78, 5) is 12.8. The van der Waals surface area contributed by atoms with Gasteiger partial charge in [0.25, 0.3) is 5.91 Å². The molecule has 0 bridgehead atoms. The van der Waals surface area contributed by atoms with E-state index in [1.54, 1.807) is 6.92 Å². The monoisotopic (exact) mass is 353 g/mol. The molecular weight excluding hydrogens is 326 g/mol. The molecule has 0 fully saturated rings. The third-order valence-corrected chi connectivity index (χ3v) is 4.92. The Hall–Kier alpha value is -2.49. The Morgan fingerprint density at radius 2 is 1.92 bits per heavy atom. The van der Waals surface area contributed by atoms with E-state index in [-0.39, 0.29) is 17.6 Å². The molecule has 1 N–H and O–H groups in total. The van der Waals surface area contributed by atoms with Gasteiger partial charge in [-0.25, -0.2) is 0 Å². The Bertz CT molecular complexity index is 813. The molecule has 138 valence electrons. The number of para-hydroxylation sites is 1. The molecule has 0 saturated carbocycles. The second kappa shape index (κ2) is 7.02. The van der Waals surface area contributed by atoms with Crippen LogP contribution in [0.4, 0.5) is 0 Å². The number of fused-ring (bicyclic) bond motifs is 1. The number of carbonyl (C=O) groups excluding carboxylic acids is 1. The minimum absolute atomic E-state index is 0.0906. The molecule has 1 aliphatic heterocycles. The molecule has 1 aliphatic rings. The number of aryl methyl sites for hydroxylation is 1. The lowest BCUT2D eigenvalue weighted by molar-refractivity contribution is -0.128. The van der Waals surface area contributed by atoms with Crippen LogP contribution in [0.3, 0.4) is 0 Å². The molecule has 2 aromatic rings. The highest BCUT2D eigenvalue weighted by molar-refractivity contribution is 5.81. The van der Waals surface area contributed by atoms with E-state index in [4.69, 9.17) is 9.47 Å². The van der Waals surface area contributed by atoms with Crippen molar-refractivity contribution in [3.8, 4) is 11.5 Å². The lowest BCUT2D eigenvalue weighted by atomic mass is 9.89. The lowest BCUT2D eigenvalue weighted by Crippen LogP contribution is -2.44. The summed E-state index contributed by atoms with van der Waals surface area (Å²) in [5.41, 5.74) is 2.89. The highest BCUT2D eigenvalue weighted by atomic mass is 16.5. The maximum absolute atomic E-state index is 12.8. The van der Waals surface area contributed by atoms with Crippen molar-refractivity contribution in [3.63, 3.8) is 0 Å². The first-order valence-corrected chi connectivity index (χ1v) is 9.08. The van der Waals surface area contributed by atoms with Gasteiger partial charge in [-0.1, -0.05) is 30.3 Å². The number of hydrogen-bond donors (Lipinski definition) is 1. The molecule has 0 saturated heterocycles. The Morgan fingerprint density at radius 1 is 1.19 bits per heavy atom. The minimum Gasteiger partial charge on any atom is -0.487 e. The molecule has 26 heavy (non-hydrogen) atoms. The van der Waals surface area contributed by atoms with Crippen molar-refractivity contribution in [1.82, 2.24) is 5.32 Å². The maximum atomic E-state index is 12.8. The van der Waals surface area contributed by atoms with Crippen molar-refractivity contribution in [3.05, 3.63) is 59.2 Å². The average molecular weight is 353 g/mol. The smallest absolute Gasteiger partial charge is 0.261 e. The first kappa shape index (κ1) is 18.3. The summed E-state index contributed by atoms with van der Waals surface area (Å²) < 4.78 is 12.0. The Balaban J connectivity index is 1.74. The van der Waals surface area contributed by atoms with Gasteiger partial charge in [0.2, 0.25) is 0 Å². The molecule has 2 atom stereocenters. The predicted octanol–water partition coefficient (Wildman–Crippen LogP) is 4.49. The zero-order valence-corrected chi connectivity index (χ0v) is 16.1. The van der Waals surface area contributed by atoms with Crippen molar-refractivity contribution in [2.45, 2.75) is 58.8 Å². The second-order valence-electron chi connectivity index (χ2n) is 7.62. The van der Waals surface area contributed by atoms with Crippen LogP contribution in [-0.2, 0) is 4.79 Å². The number of amides is 1. The van der Waals surface area contributed by atoms with Gasteiger partial charge in [-0.05, 0) is 57.9 Å². The summed E-state index contributed by atoms with van der Waals surface area (Å²) in [6.07, 6.45) is 0.139. The fraction of sp³-hybridized carbons (Fsp3) is 0.409. The molecule has 0 aromatic heterocycles. The van der Waals surface area contributed by atoms with Crippen LogP contribution in [0, 0.1) is 13.8 Å². The first-order chi connectivity index (χ1) is 12.3. The molecule has 2 aromatic carbocycles. The van der Waals surface area contributed by atoms with Crippen molar-refractivity contribution < 1.29 is 14.3 Å². The highest BCUT2D eigenvalue weighted by Gasteiger charge is 2.35. The van der Waals surface area contributed by atoms with E-state index in [1.165, 1.54) is 0 Å². The third-order valence-electron chi connectivity index (χ3n) is 4.92. The van der Waals surface area contributed by atoms with Gasteiger partial charge in [0.05, 0.1) is 6.04 Å². The summed E-state index contributed by atoms with van der Waals surface area (Å²) >= 11 is 0. The van der Waals surface area contributed by atoms with E-state index >= 15 is 0 Å². The van der Waals surface area contributed by atoms with Crippen LogP contribution in [-0.4, -0.2) is 17.6 Å². The minimum atomic E-state index is -0.575.